The molecule has 2 aromatic rings. The molecule has 2 amide bonds. The van der Waals surface area contributed by atoms with E-state index in [1.165, 1.54) is 16.8 Å². The number of nitrogen functional groups attached to an aromatic ring is 1. The maximum absolute atomic E-state index is 12.9. The Bertz CT molecular complexity index is 802. The fourth-order valence-electron chi connectivity index (χ4n) is 3.10. The van der Waals surface area contributed by atoms with E-state index < -0.39 is 0 Å². The number of aromatic nitrogens is 2. The van der Waals surface area contributed by atoms with Crippen LogP contribution in [0, 0.1) is 12.7 Å². The summed E-state index contributed by atoms with van der Waals surface area (Å²) in [4.78, 5) is 26.0. The number of nitrogens with two attached hydrogens (primary N) is 1. The lowest BCUT2D eigenvalue weighted by atomic mass is 10.1. The lowest BCUT2D eigenvalue weighted by Gasteiger charge is -2.17. The molecular weight excluding hydrogens is 337 g/mol. The molecule has 3 rings (SSSR count). The predicted molar refractivity (Wildman–Crippen MR) is 94.6 cm³/mol. The van der Waals surface area contributed by atoms with Gasteiger partial charge in [-0.2, -0.15) is 5.10 Å². The Morgan fingerprint density at radius 2 is 2.12 bits per heavy atom. The second kappa shape index (κ2) is 7.55. The molecule has 0 aliphatic carbocycles. The minimum Gasteiger partial charge on any atom is -0.384 e. The van der Waals surface area contributed by atoms with E-state index in [1.807, 2.05) is 0 Å². The maximum atomic E-state index is 12.9. The van der Waals surface area contributed by atoms with Gasteiger partial charge in [-0.25, -0.2) is 9.07 Å². The van der Waals surface area contributed by atoms with Crippen LogP contribution < -0.4 is 11.1 Å². The lowest BCUT2D eigenvalue weighted by Crippen LogP contribution is -2.39. The van der Waals surface area contributed by atoms with Gasteiger partial charge < -0.3 is 16.0 Å². The number of nitrogens with one attached hydrogen (secondary N) is 1. The zero-order valence-corrected chi connectivity index (χ0v) is 14.6. The zero-order chi connectivity index (χ0) is 18.7. The molecule has 1 aliphatic rings. The summed E-state index contributed by atoms with van der Waals surface area (Å²) in [6, 6.07) is 7.72. The van der Waals surface area contributed by atoms with Crippen molar-refractivity contribution >= 4 is 17.6 Å². The summed E-state index contributed by atoms with van der Waals surface area (Å²) in [5.74, 6) is -0.0623. The third kappa shape index (κ3) is 4.38. The Morgan fingerprint density at radius 3 is 2.77 bits per heavy atom. The number of halogens is 1. The van der Waals surface area contributed by atoms with Crippen LogP contribution in [0.4, 0.5) is 10.2 Å². The summed E-state index contributed by atoms with van der Waals surface area (Å²) >= 11 is 0. The van der Waals surface area contributed by atoms with Crippen molar-refractivity contribution in [3.63, 3.8) is 0 Å². The average molecular weight is 359 g/mol. The van der Waals surface area contributed by atoms with Crippen molar-refractivity contribution < 1.29 is 14.0 Å². The van der Waals surface area contributed by atoms with E-state index in [2.05, 4.69) is 10.4 Å². The number of anilines is 1. The van der Waals surface area contributed by atoms with E-state index in [4.69, 9.17) is 5.73 Å². The van der Waals surface area contributed by atoms with E-state index in [1.54, 1.807) is 30.0 Å². The molecule has 1 atom stereocenters. The molecule has 0 bridgehead atoms. The maximum Gasteiger partial charge on any atom is 0.242 e. The van der Waals surface area contributed by atoms with Crippen LogP contribution in [0.3, 0.4) is 0 Å². The van der Waals surface area contributed by atoms with Gasteiger partial charge in [0, 0.05) is 25.6 Å². The summed E-state index contributed by atoms with van der Waals surface area (Å²) in [7, 11) is 0. The van der Waals surface area contributed by atoms with Gasteiger partial charge >= 0.3 is 0 Å². The molecule has 1 saturated heterocycles. The van der Waals surface area contributed by atoms with Crippen LogP contribution in [0.1, 0.15) is 17.7 Å². The van der Waals surface area contributed by atoms with Crippen LogP contribution in [0.25, 0.3) is 0 Å². The Labute approximate surface area is 151 Å². The first-order valence-electron chi connectivity index (χ1n) is 8.52. The normalized spacial score (nSPS) is 16.9. The van der Waals surface area contributed by atoms with Crippen molar-refractivity contribution in [2.45, 2.75) is 32.4 Å². The highest BCUT2D eigenvalue weighted by atomic mass is 19.1. The zero-order valence-electron chi connectivity index (χ0n) is 14.6. The van der Waals surface area contributed by atoms with Gasteiger partial charge in [0.05, 0.1) is 11.7 Å². The number of rotatable bonds is 6. The monoisotopic (exact) mass is 359 g/mol. The molecule has 0 radical (unpaired) electrons. The van der Waals surface area contributed by atoms with E-state index in [0.29, 0.717) is 25.3 Å². The molecule has 3 N–H and O–H groups in total. The molecule has 138 valence electrons. The van der Waals surface area contributed by atoms with Crippen molar-refractivity contribution in [3.8, 4) is 0 Å². The van der Waals surface area contributed by atoms with E-state index in [-0.39, 0.29) is 36.6 Å². The number of hydrogen-bond donors (Lipinski definition) is 2. The van der Waals surface area contributed by atoms with Gasteiger partial charge in [0.15, 0.2) is 0 Å². The Hall–Kier alpha value is -2.90. The van der Waals surface area contributed by atoms with Crippen molar-refractivity contribution in [1.29, 1.82) is 0 Å². The number of aryl methyl sites for hydroxylation is 1. The molecule has 0 spiro atoms. The van der Waals surface area contributed by atoms with Gasteiger partial charge in [-0.15, -0.1) is 0 Å². The smallest absolute Gasteiger partial charge is 0.242 e. The highest BCUT2D eigenvalue weighted by Gasteiger charge is 2.30. The molecular formula is C18H22FN5O2. The first-order valence-corrected chi connectivity index (χ1v) is 8.52. The van der Waals surface area contributed by atoms with Crippen LogP contribution in [0.15, 0.2) is 30.3 Å². The highest BCUT2D eigenvalue weighted by molar-refractivity contribution is 5.82. The second-order valence-electron chi connectivity index (χ2n) is 6.55. The standard InChI is InChI=1S/C18H22FN5O2/c1-12-8-16(20)24(22-12)11-17(25)21-15-9-18(26)23(10-15)7-6-13-2-4-14(19)5-3-13/h2-5,8,15H,6-7,9-11,20H2,1H3,(H,21,25)/t15-/m0/s1. The molecule has 1 fully saturated rings. The van der Waals surface area contributed by atoms with Crippen molar-refractivity contribution in [1.82, 2.24) is 20.0 Å². The summed E-state index contributed by atoms with van der Waals surface area (Å²) in [6.45, 7) is 2.85. The van der Waals surface area contributed by atoms with Crippen LogP contribution in [0.2, 0.25) is 0 Å². The third-order valence-corrected chi connectivity index (χ3v) is 4.39. The van der Waals surface area contributed by atoms with Crippen molar-refractivity contribution in [3.05, 3.63) is 47.4 Å². The van der Waals surface area contributed by atoms with Gasteiger partial charge in [-0.1, -0.05) is 12.1 Å². The average Bonchev–Trinajstić information content (AvgIpc) is 3.08. The van der Waals surface area contributed by atoms with Crippen LogP contribution in [-0.4, -0.2) is 45.6 Å². The summed E-state index contributed by atoms with van der Waals surface area (Å²) in [5, 5.41) is 7.01. The number of carbonyl (C=O) groups is 2. The summed E-state index contributed by atoms with van der Waals surface area (Å²) in [6.07, 6.45) is 0.929. The molecule has 0 saturated carbocycles. The Balaban J connectivity index is 1.48. The fraction of sp³-hybridized carbons (Fsp3) is 0.389. The lowest BCUT2D eigenvalue weighted by molar-refractivity contribution is -0.127. The summed E-state index contributed by atoms with van der Waals surface area (Å²) in [5.41, 5.74) is 7.50. The molecule has 8 heteroatoms. The molecule has 1 aromatic heterocycles. The molecule has 1 aromatic carbocycles. The van der Waals surface area contributed by atoms with Crippen molar-refractivity contribution in [2.75, 3.05) is 18.8 Å². The highest BCUT2D eigenvalue weighted by Crippen LogP contribution is 2.13. The minimum absolute atomic E-state index is 0.00635. The van der Waals surface area contributed by atoms with Gasteiger partial charge in [0.1, 0.15) is 18.2 Å². The van der Waals surface area contributed by atoms with E-state index in [9.17, 15) is 14.0 Å². The van der Waals surface area contributed by atoms with Crippen molar-refractivity contribution in [2.24, 2.45) is 0 Å². The quantitative estimate of drug-likeness (QED) is 0.800. The largest absolute Gasteiger partial charge is 0.384 e. The number of hydrogen-bond acceptors (Lipinski definition) is 4. The van der Waals surface area contributed by atoms with Crippen LogP contribution in [0.5, 0.6) is 0 Å². The fourth-order valence-corrected chi connectivity index (χ4v) is 3.10. The number of carbonyl (C=O) groups excluding carboxylic acids is 2. The number of nitrogens with zero attached hydrogens (tertiary/aromatic N) is 3. The first kappa shape index (κ1) is 17.9. The minimum atomic E-state index is -0.276. The number of likely N-dealkylation sites (tertiary alicyclic amines) is 1. The van der Waals surface area contributed by atoms with E-state index >= 15 is 0 Å². The first-order chi connectivity index (χ1) is 12.4. The van der Waals surface area contributed by atoms with Gasteiger partial charge in [-0.3, -0.25) is 9.59 Å². The van der Waals surface area contributed by atoms with Gasteiger partial charge in [0.25, 0.3) is 0 Å². The molecule has 26 heavy (non-hydrogen) atoms. The van der Waals surface area contributed by atoms with Crippen LogP contribution >= 0.6 is 0 Å². The number of amides is 2. The van der Waals surface area contributed by atoms with E-state index in [0.717, 1.165) is 11.3 Å². The molecule has 7 nitrogen and oxygen atoms in total. The second-order valence-corrected chi connectivity index (χ2v) is 6.55. The Kier molecular flexibility index (Phi) is 5.20. The summed E-state index contributed by atoms with van der Waals surface area (Å²) < 4.78 is 14.4. The third-order valence-electron chi connectivity index (χ3n) is 4.39. The van der Waals surface area contributed by atoms with Gasteiger partial charge in [-0.05, 0) is 31.0 Å². The SMILES string of the molecule is Cc1cc(N)n(CC(=O)N[C@H]2CC(=O)N(CCc3ccc(F)cc3)C2)n1. The Morgan fingerprint density at radius 1 is 1.38 bits per heavy atom. The topological polar surface area (TPSA) is 93.2 Å². The van der Waals surface area contributed by atoms with Crippen LogP contribution in [-0.2, 0) is 22.6 Å². The molecule has 0 unspecified atom stereocenters. The molecule has 1 aliphatic heterocycles. The van der Waals surface area contributed by atoms with Gasteiger partial charge in [0.2, 0.25) is 11.8 Å². The molecule has 2 heterocycles. The predicted octanol–water partition coefficient (Wildman–Crippen LogP) is 0.873. The number of benzene rings is 1.